The molecule has 17 heavy (non-hydrogen) atoms. The van der Waals surface area contributed by atoms with Gasteiger partial charge in [0.15, 0.2) is 0 Å². The summed E-state index contributed by atoms with van der Waals surface area (Å²) in [5.74, 6) is -0.138. The predicted octanol–water partition coefficient (Wildman–Crippen LogP) is 3.12. The molecule has 1 aromatic heterocycles. The van der Waals surface area contributed by atoms with Gasteiger partial charge in [0, 0.05) is 11.3 Å². The largest absolute Gasteiger partial charge is 0.321 e. The van der Waals surface area contributed by atoms with E-state index in [2.05, 4.69) is 5.32 Å². The molecule has 0 atom stereocenters. The molecule has 86 valence electrons. The minimum Gasteiger partial charge on any atom is -0.321 e. The molecule has 1 aromatic carbocycles. The van der Waals surface area contributed by atoms with Gasteiger partial charge in [-0.05, 0) is 36.1 Å². The van der Waals surface area contributed by atoms with Crippen LogP contribution in [0.4, 0.5) is 5.69 Å². The fraction of sp³-hybridized carbons (Fsp3) is 0.0769. The molecule has 0 unspecified atom stereocenters. The molecule has 1 amide bonds. The van der Waals surface area contributed by atoms with Gasteiger partial charge in [-0.15, -0.1) is 11.3 Å². The van der Waals surface area contributed by atoms with Crippen molar-refractivity contribution in [2.24, 2.45) is 0 Å². The van der Waals surface area contributed by atoms with Gasteiger partial charge in [0.1, 0.15) is 6.29 Å². The number of amides is 1. The molecule has 2 rings (SSSR count). The van der Waals surface area contributed by atoms with Gasteiger partial charge in [-0.3, -0.25) is 9.59 Å². The average Bonchev–Trinajstić information content (AvgIpc) is 2.76. The van der Waals surface area contributed by atoms with Crippen LogP contribution < -0.4 is 5.32 Å². The Morgan fingerprint density at radius 1 is 1.35 bits per heavy atom. The second-order valence-electron chi connectivity index (χ2n) is 3.63. The van der Waals surface area contributed by atoms with Gasteiger partial charge < -0.3 is 5.32 Å². The Morgan fingerprint density at radius 2 is 2.18 bits per heavy atom. The molecule has 1 heterocycles. The summed E-state index contributed by atoms with van der Waals surface area (Å²) in [5, 5.41) is 4.65. The molecule has 0 aliphatic heterocycles. The number of aryl methyl sites for hydroxylation is 1. The topological polar surface area (TPSA) is 46.2 Å². The van der Waals surface area contributed by atoms with E-state index in [0.717, 1.165) is 11.8 Å². The van der Waals surface area contributed by atoms with Crippen molar-refractivity contribution in [3.05, 3.63) is 51.7 Å². The lowest BCUT2D eigenvalue weighted by atomic mass is 10.2. The van der Waals surface area contributed by atoms with Crippen LogP contribution >= 0.6 is 11.3 Å². The van der Waals surface area contributed by atoms with Crippen molar-refractivity contribution in [1.82, 2.24) is 0 Å². The van der Waals surface area contributed by atoms with E-state index in [-0.39, 0.29) is 5.91 Å². The maximum Gasteiger partial charge on any atom is 0.265 e. The molecule has 2 aromatic rings. The van der Waals surface area contributed by atoms with E-state index in [0.29, 0.717) is 16.1 Å². The molecular weight excluding hydrogens is 234 g/mol. The van der Waals surface area contributed by atoms with Crippen LogP contribution in [-0.4, -0.2) is 12.2 Å². The lowest BCUT2D eigenvalue weighted by Gasteiger charge is -2.04. The summed E-state index contributed by atoms with van der Waals surface area (Å²) < 4.78 is 0. The highest BCUT2D eigenvalue weighted by atomic mass is 32.1. The number of rotatable bonds is 3. The van der Waals surface area contributed by atoms with E-state index in [1.54, 1.807) is 24.3 Å². The van der Waals surface area contributed by atoms with Crippen molar-refractivity contribution >= 4 is 29.2 Å². The lowest BCUT2D eigenvalue weighted by molar-refractivity contribution is 0.102. The molecule has 4 heteroatoms. The van der Waals surface area contributed by atoms with Crippen molar-refractivity contribution in [3.8, 4) is 0 Å². The van der Waals surface area contributed by atoms with Gasteiger partial charge in [-0.1, -0.05) is 12.1 Å². The van der Waals surface area contributed by atoms with Crippen LogP contribution in [0.2, 0.25) is 0 Å². The van der Waals surface area contributed by atoms with Gasteiger partial charge in [0.2, 0.25) is 0 Å². The highest BCUT2D eigenvalue weighted by molar-refractivity contribution is 7.12. The van der Waals surface area contributed by atoms with Crippen LogP contribution in [0.25, 0.3) is 0 Å². The molecule has 0 aliphatic carbocycles. The van der Waals surface area contributed by atoms with Crippen molar-refractivity contribution in [1.29, 1.82) is 0 Å². The van der Waals surface area contributed by atoms with Gasteiger partial charge >= 0.3 is 0 Å². The lowest BCUT2D eigenvalue weighted by Crippen LogP contribution is -2.11. The Morgan fingerprint density at radius 3 is 2.82 bits per heavy atom. The SMILES string of the molecule is Cc1ccsc1C(=O)Nc1cccc(C=O)c1. The summed E-state index contributed by atoms with van der Waals surface area (Å²) in [6, 6.07) is 8.74. The van der Waals surface area contributed by atoms with Crippen molar-refractivity contribution < 1.29 is 9.59 Å². The van der Waals surface area contributed by atoms with E-state index in [4.69, 9.17) is 0 Å². The number of anilines is 1. The summed E-state index contributed by atoms with van der Waals surface area (Å²) in [4.78, 5) is 23.2. The number of thiophene rings is 1. The monoisotopic (exact) mass is 245 g/mol. The van der Waals surface area contributed by atoms with E-state index >= 15 is 0 Å². The molecule has 0 saturated heterocycles. The second kappa shape index (κ2) is 4.93. The Bertz CT molecular complexity index is 560. The van der Waals surface area contributed by atoms with Crippen LogP contribution in [0.5, 0.6) is 0 Å². The Hall–Kier alpha value is -1.94. The summed E-state index contributed by atoms with van der Waals surface area (Å²) in [6.07, 6.45) is 0.756. The fourth-order valence-electron chi connectivity index (χ4n) is 1.48. The number of benzene rings is 1. The first-order valence-electron chi connectivity index (χ1n) is 5.11. The molecule has 0 fully saturated rings. The number of hydrogen-bond acceptors (Lipinski definition) is 3. The Kier molecular flexibility index (Phi) is 3.35. The van der Waals surface area contributed by atoms with Gasteiger partial charge in [-0.2, -0.15) is 0 Å². The first-order valence-corrected chi connectivity index (χ1v) is 5.99. The van der Waals surface area contributed by atoms with E-state index in [9.17, 15) is 9.59 Å². The summed E-state index contributed by atoms with van der Waals surface area (Å²) >= 11 is 1.41. The number of nitrogens with one attached hydrogen (secondary N) is 1. The molecule has 0 spiro atoms. The van der Waals surface area contributed by atoms with Gasteiger partial charge in [0.25, 0.3) is 5.91 Å². The van der Waals surface area contributed by atoms with Gasteiger partial charge in [-0.25, -0.2) is 0 Å². The smallest absolute Gasteiger partial charge is 0.265 e. The van der Waals surface area contributed by atoms with Crippen LogP contribution in [0, 0.1) is 6.92 Å². The number of aldehydes is 1. The first-order chi connectivity index (χ1) is 8.20. The van der Waals surface area contributed by atoms with Crippen LogP contribution in [0.1, 0.15) is 25.6 Å². The molecule has 0 radical (unpaired) electrons. The number of carbonyl (C=O) groups excluding carboxylic acids is 2. The third-order valence-corrected chi connectivity index (χ3v) is 3.36. The van der Waals surface area contributed by atoms with E-state index in [1.165, 1.54) is 11.3 Å². The summed E-state index contributed by atoms with van der Waals surface area (Å²) in [7, 11) is 0. The summed E-state index contributed by atoms with van der Waals surface area (Å²) in [5.41, 5.74) is 2.14. The molecular formula is C13H11NO2S. The Labute approximate surface area is 103 Å². The molecule has 0 aliphatic rings. The Balaban J connectivity index is 2.18. The van der Waals surface area contributed by atoms with Crippen LogP contribution in [-0.2, 0) is 0 Å². The third-order valence-electron chi connectivity index (χ3n) is 2.35. The molecule has 1 N–H and O–H groups in total. The van der Waals surface area contributed by atoms with Crippen molar-refractivity contribution in [2.75, 3.05) is 5.32 Å². The predicted molar refractivity (Wildman–Crippen MR) is 68.8 cm³/mol. The second-order valence-corrected chi connectivity index (χ2v) is 4.55. The van der Waals surface area contributed by atoms with E-state index in [1.807, 2.05) is 18.4 Å². The zero-order valence-electron chi connectivity index (χ0n) is 9.27. The van der Waals surface area contributed by atoms with E-state index < -0.39 is 0 Å². The van der Waals surface area contributed by atoms with Crippen molar-refractivity contribution in [2.45, 2.75) is 6.92 Å². The minimum absolute atomic E-state index is 0.138. The number of hydrogen-bond donors (Lipinski definition) is 1. The minimum atomic E-state index is -0.138. The maximum atomic E-state index is 11.9. The fourth-order valence-corrected chi connectivity index (χ4v) is 2.30. The zero-order valence-corrected chi connectivity index (χ0v) is 10.1. The van der Waals surface area contributed by atoms with Gasteiger partial charge in [0.05, 0.1) is 4.88 Å². The standard InChI is InChI=1S/C13H11NO2S/c1-9-5-6-17-12(9)13(16)14-11-4-2-3-10(7-11)8-15/h2-8H,1H3,(H,14,16). The molecule has 0 saturated carbocycles. The van der Waals surface area contributed by atoms with Crippen molar-refractivity contribution in [3.63, 3.8) is 0 Å². The molecule has 0 bridgehead atoms. The third kappa shape index (κ3) is 2.60. The zero-order chi connectivity index (χ0) is 12.3. The highest BCUT2D eigenvalue weighted by Gasteiger charge is 2.10. The normalized spacial score (nSPS) is 9.94. The number of carbonyl (C=O) groups is 2. The highest BCUT2D eigenvalue weighted by Crippen LogP contribution is 2.18. The quantitative estimate of drug-likeness (QED) is 0.844. The maximum absolute atomic E-state index is 11.9. The summed E-state index contributed by atoms with van der Waals surface area (Å²) in [6.45, 7) is 1.90. The van der Waals surface area contributed by atoms with Crippen LogP contribution in [0.3, 0.4) is 0 Å². The molecule has 3 nitrogen and oxygen atoms in total. The van der Waals surface area contributed by atoms with Crippen LogP contribution in [0.15, 0.2) is 35.7 Å². The average molecular weight is 245 g/mol. The first kappa shape index (κ1) is 11.5.